The van der Waals surface area contributed by atoms with Gasteiger partial charge in [0.05, 0.1) is 17.0 Å². The fourth-order valence-electron chi connectivity index (χ4n) is 3.09. The molecule has 0 fully saturated rings. The molecule has 0 unspecified atom stereocenters. The van der Waals surface area contributed by atoms with Gasteiger partial charge in [-0.15, -0.1) is 11.3 Å². The van der Waals surface area contributed by atoms with Crippen LogP contribution in [-0.2, 0) is 6.54 Å². The van der Waals surface area contributed by atoms with Gasteiger partial charge in [-0.25, -0.2) is 4.79 Å². The maximum atomic E-state index is 13.1. The molecule has 0 saturated carbocycles. The fourth-order valence-corrected chi connectivity index (χ4v) is 4.88. The minimum atomic E-state index is -0.425. The normalized spacial score (nSPS) is 11.2. The molecule has 0 bridgehead atoms. The quantitative estimate of drug-likeness (QED) is 0.505. The Bertz CT molecular complexity index is 1270. The van der Waals surface area contributed by atoms with Crippen LogP contribution in [0.15, 0.2) is 58.1 Å². The van der Waals surface area contributed by atoms with Crippen LogP contribution in [0.5, 0.6) is 0 Å². The zero-order chi connectivity index (χ0) is 19.1. The number of aryl methyl sites for hydroxylation is 1. The molecule has 0 aliphatic rings. The Morgan fingerprint density at radius 2 is 1.81 bits per heavy atom. The summed E-state index contributed by atoms with van der Waals surface area (Å²) in [6.07, 6.45) is 0. The maximum absolute atomic E-state index is 13.1. The van der Waals surface area contributed by atoms with Gasteiger partial charge in [-0.1, -0.05) is 59.6 Å². The van der Waals surface area contributed by atoms with Crippen molar-refractivity contribution >= 4 is 44.8 Å². The third-order valence-electron chi connectivity index (χ3n) is 4.43. The first kappa shape index (κ1) is 18.0. The summed E-state index contributed by atoms with van der Waals surface area (Å²) >= 11 is 13.7. The molecule has 0 aliphatic carbocycles. The second-order valence-electron chi connectivity index (χ2n) is 6.19. The van der Waals surface area contributed by atoms with Gasteiger partial charge in [-0.3, -0.25) is 14.3 Å². The minimum Gasteiger partial charge on any atom is -0.298 e. The molecule has 136 valence electrons. The van der Waals surface area contributed by atoms with Crippen LogP contribution in [0, 0.1) is 6.92 Å². The Balaban J connectivity index is 1.92. The second-order valence-corrected chi connectivity index (χ2v) is 8.06. The Kier molecular flexibility index (Phi) is 4.68. The summed E-state index contributed by atoms with van der Waals surface area (Å²) in [6.45, 7) is 2.09. The van der Waals surface area contributed by atoms with E-state index < -0.39 is 5.69 Å². The van der Waals surface area contributed by atoms with E-state index in [0.29, 0.717) is 20.3 Å². The number of hydrogen-bond donors (Lipinski definition) is 1. The number of aromatic amines is 1. The van der Waals surface area contributed by atoms with Crippen molar-refractivity contribution in [1.29, 1.82) is 0 Å². The number of H-pyrrole nitrogens is 1. The van der Waals surface area contributed by atoms with Gasteiger partial charge in [0.2, 0.25) is 0 Å². The van der Waals surface area contributed by atoms with Gasteiger partial charge < -0.3 is 0 Å². The molecular formula is C20H14Cl2N2O2S. The van der Waals surface area contributed by atoms with Gasteiger partial charge in [0.25, 0.3) is 5.56 Å². The van der Waals surface area contributed by atoms with Crippen LogP contribution < -0.4 is 11.2 Å². The molecule has 0 spiro atoms. The lowest BCUT2D eigenvalue weighted by Gasteiger charge is -2.05. The molecule has 27 heavy (non-hydrogen) atoms. The largest absolute Gasteiger partial charge is 0.329 e. The van der Waals surface area contributed by atoms with Crippen LogP contribution in [0.2, 0.25) is 10.0 Å². The molecule has 0 aliphatic heterocycles. The molecule has 0 radical (unpaired) electrons. The van der Waals surface area contributed by atoms with Crippen molar-refractivity contribution in [2.75, 3.05) is 0 Å². The van der Waals surface area contributed by atoms with Gasteiger partial charge in [0.15, 0.2) is 0 Å². The lowest BCUT2D eigenvalue weighted by Crippen LogP contribution is -2.35. The third kappa shape index (κ3) is 3.23. The average molecular weight is 417 g/mol. The molecule has 7 heteroatoms. The van der Waals surface area contributed by atoms with Crippen molar-refractivity contribution < 1.29 is 0 Å². The zero-order valence-corrected chi connectivity index (χ0v) is 16.6. The number of halogens is 2. The van der Waals surface area contributed by atoms with E-state index in [4.69, 9.17) is 23.2 Å². The second kappa shape index (κ2) is 7.00. The van der Waals surface area contributed by atoms with Crippen LogP contribution in [0.3, 0.4) is 0 Å². The minimum absolute atomic E-state index is 0.220. The summed E-state index contributed by atoms with van der Waals surface area (Å²) in [5.41, 5.74) is 1.74. The van der Waals surface area contributed by atoms with E-state index in [-0.39, 0.29) is 12.1 Å². The van der Waals surface area contributed by atoms with E-state index in [1.54, 1.807) is 12.1 Å². The van der Waals surface area contributed by atoms with Crippen LogP contribution in [-0.4, -0.2) is 9.55 Å². The number of thiophene rings is 1. The lowest BCUT2D eigenvalue weighted by molar-refractivity contribution is 0.712. The molecule has 2 heterocycles. The van der Waals surface area contributed by atoms with Crippen molar-refractivity contribution in [2.45, 2.75) is 13.5 Å². The van der Waals surface area contributed by atoms with Gasteiger partial charge in [-0.2, -0.15) is 0 Å². The third-order valence-corrected chi connectivity index (χ3v) is 6.22. The Morgan fingerprint density at radius 1 is 1.07 bits per heavy atom. The summed E-state index contributed by atoms with van der Waals surface area (Å²) in [5, 5.41) is 1.56. The highest BCUT2D eigenvalue weighted by Gasteiger charge is 2.18. The van der Waals surface area contributed by atoms with Crippen molar-refractivity contribution in [2.24, 2.45) is 0 Å². The lowest BCUT2D eigenvalue weighted by atomic mass is 10.1. The van der Waals surface area contributed by atoms with Crippen LogP contribution in [0.1, 0.15) is 11.1 Å². The Hall–Kier alpha value is -2.34. The van der Waals surface area contributed by atoms with Crippen LogP contribution in [0.4, 0.5) is 0 Å². The molecule has 4 aromatic rings. The SMILES string of the molecule is Cc1c(-c2ccc(Cl)cc2Cl)sc2[nH]c(=O)n(Cc3ccccc3)c(=O)c12. The first-order valence-electron chi connectivity index (χ1n) is 8.21. The Morgan fingerprint density at radius 3 is 2.52 bits per heavy atom. The van der Waals surface area contributed by atoms with E-state index >= 15 is 0 Å². The highest BCUT2D eigenvalue weighted by atomic mass is 35.5. The van der Waals surface area contributed by atoms with E-state index in [9.17, 15) is 9.59 Å². The number of hydrogen-bond acceptors (Lipinski definition) is 3. The number of fused-ring (bicyclic) bond motifs is 1. The van der Waals surface area contributed by atoms with E-state index in [2.05, 4.69) is 4.98 Å². The monoisotopic (exact) mass is 416 g/mol. The molecule has 4 rings (SSSR count). The van der Waals surface area contributed by atoms with E-state index in [1.165, 1.54) is 15.9 Å². The van der Waals surface area contributed by atoms with Crippen molar-refractivity contribution in [3.63, 3.8) is 0 Å². The van der Waals surface area contributed by atoms with Crippen LogP contribution in [0.25, 0.3) is 20.7 Å². The summed E-state index contributed by atoms with van der Waals surface area (Å²) in [6, 6.07) is 14.7. The molecule has 2 aromatic heterocycles. The summed E-state index contributed by atoms with van der Waals surface area (Å²) < 4.78 is 1.23. The maximum Gasteiger partial charge on any atom is 0.329 e. The van der Waals surface area contributed by atoms with Crippen molar-refractivity contribution in [3.05, 3.63) is 90.5 Å². The summed E-state index contributed by atoms with van der Waals surface area (Å²) in [4.78, 5) is 29.8. The molecule has 0 saturated heterocycles. The van der Waals surface area contributed by atoms with E-state index in [0.717, 1.165) is 21.6 Å². The molecule has 4 nitrogen and oxygen atoms in total. The highest BCUT2D eigenvalue weighted by molar-refractivity contribution is 7.22. The summed E-state index contributed by atoms with van der Waals surface area (Å²) in [7, 11) is 0. The topological polar surface area (TPSA) is 54.9 Å². The molecular weight excluding hydrogens is 403 g/mol. The van der Waals surface area contributed by atoms with Gasteiger partial charge in [0, 0.05) is 15.5 Å². The number of aromatic nitrogens is 2. The number of rotatable bonds is 3. The summed E-state index contributed by atoms with van der Waals surface area (Å²) in [5.74, 6) is 0. The van der Waals surface area contributed by atoms with Gasteiger partial charge >= 0.3 is 5.69 Å². The van der Waals surface area contributed by atoms with Gasteiger partial charge in [0.1, 0.15) is 4.83 Å². The zero-order valence-electron chi connectivity index (χ0n) is 14.3. The molecule has 0 amide bonds. The average Bonchev–Trinajstić information content (AvgIpc) is 2.96. The van der Waals surface area contributed by atoms with Crippen molar-refractivity contribution in [3.8, 4) is 10.4 Å². The standard InChI is InChI=1S/C20H14Cl2N2O2S/c1-11-16-18(27-17(11)14-8-7-13(21)9-15(14)22)23-20(26)24(19(16)25)10-12-5-3-2-4-6-12/h2-9H,10H2,1H3,(H,23,26). The number of nitrogens with one attached hydrogen (secondary N) is 1. The first-order chi connectivity index (χ1) is 13.0. The van der Waals surface area contributed by atoms with E-state index in [1.807, 2.05) is 43.3 Å². The predicted molar refractivity (Wildman–Crippen MR) is 112 cm³/mol. The molecule has 1 N–H and O–H groups in total. The highest BCUT2D eigenvalue weighted by Crippen LogP contribution is 2.39. The van der Waals surface area contributed by atoms with Gasteiger partial charge in [-0.05, 0) is 30.2 Å². The smallest absolute Gasteiger partial charge is 0.298 e. The number of benzene rings is 2. The fraction of sp³-hybridized carbons (Fsp3) is 0.100. The predicted octanol–water partition coefficient (Wildman–Crippen LogP) is 5.08. The van der Waals surface area contributed by atoms with Crippen LogP contribution >= 0.6 is 34.5 Å². The molecule has 0 atom stereocenters. The first-order valence-corrected chi connectivity index (χ1v) is 9.78. The number of nitrogens with zero attached hydrogens (tertiary/aromatic N) is 1. The Labute approximate surface area is 168 Å². The van der Waals surface area contributed by atoms with Crippen molar-refractivity contribution in [1.82, 2.24) is 9.55 Å². The molecule has 2 aromatic carbocycles.